The standard InChI is InChI=1S/C9H7BrN2O3S/c1-16(13,14)15-8-3-2-6(4-11)9(10)7(8)5-12/h2-3H2,1H3. The molecule has 0 aromatic heterocycles. The zero-order valence-electron chi connectivity index (χ0n) is 8.32. The van der Waals surface area contributed by atoms with Crippen molar-refractivity contribution in [1.29, 1.82) is 10.5 Å². The Morgan fingerprint density at radius 1 is 1.31 bits per heavy atom. The van der Waals surface area contributed by atoms with Crippen molar-refractivity contribution in [3.05, 3.63) is 21.4 Å². The van der Waals surface area contributed by atoms with Gasteiger partial charge in [0, 0.05) is 12.0 Å². The van der Waals surface area contributed by atoms with Crippen molar-refractivity contribution in [3.8, 4) is 12.1 Å². The molecule has 0 unspecified atom stereocenters. The molecule has 0 amide bonds. The summed E-state index contributed by atoms with van der Waals surface area (Å²) in [5, 5.41) is 17.7. The molecule has 0 fully saturated rings. The summed E-state index contributed by atoms with van der Waals surface area (Å²) in [6.07, 6.45) is 1.49. The molecular weight excluding hydrogens is 296 g/mol. The van der Waals surface area contributed by atoms with Crippen LogP contribution in [0.1, 0.15) is 12.8 Å². The van der Waals surface area contributed by atoms with E-state index in [-0.39, 0.29) is 17.8 Å². The number of rotatable bonds is 2. The lowest BCUT2D eigenvalue weighted by Crippen LogP contribution is -2.09. The highest BCUT2D eigenvalue weighted by molar-refractivity contribution is 9.12. The summed E-state index contributed by atoms with van der Waals surface area (Å²) >= 11 is 3.09. The Kier molecular flexibility index (Phi) is 3.74. The number of halogens is 1. The first-order valence-electron chi connectivity index (χ1n) is 4.21. The molecule has 0 radical (unpaired) electrons. The van der Waals surface area contributed by atoms with Gasteiger partial charge in [0.1, 0.15) is 17.4 Å². The summed E-state index contributed by atoms with van der Waals surface area (Å²) in [5.74, 6) is 0.0795. The molecule has 5 nitrogen and oxygen atoms in total. The zero-order chi connectivity index (χ0) is 12.3. The van der Waals surface area contributed by atoms with Gasteiger partial charge >= 0.3 is 10.1 Å². The van der Waals surface area contributed by atoms with Crippen LogP contribution in [0, 0.1) is 22.7 Å². The minimum atomic E-state index is -3.65. The second kappa shape index (κ2) is 4.69. The maximum Gasteiger partial charge on any atom is 0.305 e. The van der Waals surface area contributed by atoms with Gasteiger partial charge < -0.3 is 4.18 Å². The fraction of sp³-hybridized carbons (Fsp3) is 0.333. The first-order valence-corrected chi connectivity index (χ1v) is 6.82. The first-order chi connectivity index (χ1) is 7.39. The highest BCUT2D eigenvalue weighted by Gasteiger charge is 2.23. The van der Waals surface area contributed by atoms with E-state index >= 15 is 0 Å². The Hall–Kier alpha value is -1.31. The fourth-order valence-corrected chi connectivity index (χ4v) is 2.36. The van der Waals surface area contributed by atoms with Crippen LogP contribution in [-0.2, 0) is 14.3 Å². The van der Waals surface area contributed by atoms with E-state index in [4.69, 9.17) is 14.7 Å². The van der Waals surface area contributed by atoms with Crippen LogP contribution in [0.5, 0.6) is 0 Å². The van der Waals surface area contributed by atoms with Crippen LogP contribution in [0.3, 0.4) is 0 Å². The molecule has 0 saturated heterocycles. The highest BCUT2D eigenvalue weighted by atomic mass is 79.9. The highest BCUT2D eigenvalue weighted by Crippen LogP contribution is 2.34. The molecule has 0 heterocycles. The zero-order valence-corrected chi connectivity index (χ0v) is 10.7. The summed E-state index contributed by atoms with van der Waals surface area (Å²) in [7, 11) is -3.65. The van der Waals surface area contributed by atoms with Crippen LogP contribution in [0.4, 0.5) is 0 Å². The van der Waals surface area contributed by atoms with E-state index in [0.717, 1.165) is 6.26 Å². The third kappa shape index (κ3) is 2.84. The summed E-state index contributed by atoms with van der Waals surface area (Å²) in [5.41, 5.74) is 0.477. The molecule has 0 atom stereocenters. The van der Waals surface area contributed by atoms with E-state index in [1.54, 1.807) is 0 Å². The van der Waals surface area contributed by atoms with Crippen LogP contribution >= 0.6 is 15.9 Å². The molecule has 0 aliphatic heterocycles. The quantitative estimate of drug-likeness (QED) is 0.724. The number of hydrogen-bond donors (Lipinski definition) is 0. The molecule has 0 saturated carbocycles. The number of hydrogen-bond acceptors (Lipinski definition) is 5. The number of nitrogens with zero attached hydrogens (tertiary/aromatic N) is 2. The minimum Gasteiger partial charge on any atom is -0.386 e. The summed E-state index contributed by atoms with van der Waals surface area (Å²) < 4.78 is 26.9. The average Bonchev–Trinajstić information content (AvgIpc) is 2.16. The van der Waals surface area contributed by atoms with Crippen LogP contribution in [0.25, 0.3) is 0 Å². The lowest BCUT2D eigenvalue weighted by molar-refractivity contribution is 0.391. The van der Waals surface area contributed by atoms with Gasteiger partial charge in [-0.25, -0.2) is 0 Å². The molecule has 0 N–H and O–H groups in total. The van der Waals surface area contributed by atoms with Crippen LogP contribution in [0.15, 0.2) is 21.4 Å². The molecule has 0 aromatic rings. The predicted octanol–water partition coefficient (Wildman–Crippen LogP) is 1.71. The number of nitriles is 2. The molecule has 16 heavy (non-hydrogen) atoms. The van der Waals surface area contributed by atoms with E-state index < -0.39 is 10.1 Å². The Morgan fingerprint density at radius 2 is 1.94 bits per heavy atom. The molecule has 7 heteroatoms. The molecule has 0 bridgehead atoms. The van der Waals surface area contributed by atoms with Gasteiger partial charge in [0.05, 0.1) is 16.8 Å². The second-order valence-corrected chi connectivity index (χ2v) is 5.47. The van der Waals surface area contributed by atoms with E-state index in [1.165, 1.54) is 0 Å². The van der Waals surface area contributed by atoms with Gasteiger partial charge in [0.2, 0.25) is 0 Å². The van der Waals surface area contributed by atoms with Crippen molar-refractivity contribution in [2.45, 2.75) is 12.8 Å². The van der Waals surface area contributed by atoms with Crippen molar-refractivity contribution >= 4 is 26.0 Å². The summed E-state index contributed by atoms with van der Waals surface area (Å²) in [4.78, 5) is 0. The molecule has 1 aliphatic rings. The lowest BCUT2D eigenvalue weighted by atomic mass is 9.99. The Balaban J connectivity index is 3.25. The molecule has 84 valence electrons. The van der Waals surface area contributed by atoms with Crippen LogP contribution in [0.2, 0.25) is 0 Å². The van der Waals surface area contributed by atoms with E-state index in [9.17, 15) is 8.42 Å². The van der Waals surface area contributed by atoms with E-state index in [2.05, 4.69) is 15.9 Å². The van der Waals surface area contributed by atoms with Crippen molar-refractivity contribution in [1.82, 2.24) is 0 Å². The largest absolute Gasteiger partial charge is 0.386 e. The summed E-state index contributed by atoms with van der Waals surface area (Å²) in [6.45, 7) is 0. The smallest absolute Gasteiger partial charge is 0.305 e. The Labute approximate surface area is 102 Å². The van der Waals surface area contributed by atoms with Crippen LogP contribution in [-0.4, -0.2) is 14.7 Å². The van der Waals surface area contributed by atoms with Gasteiger partial charge in [-0.1, -0.05) is 0 Å². The van der Waals surface area contributed by atoms with Crippen molar-refractivity contribution < 1.29 is 12.6 Å². The van der Waals surface area contributed by atoms with Gasteiger partial charge in [0.15, 0.2) is 0 Å². The maximum atomic E-state index is 11.0. The average molecular weight is 303 g/mol. The summed E-state index contributed by atoms with van der Waals surface area (Å²) in [6, 6.07) is 3.77. The molecule has 0 spiro atoms. The molecule has 1 rings (SSSR count). The third-order valence-electron chi connectivity index (χ3n) is 1.86. The lowest BCUT2D eigenvalue weighted by Gasteiger charge is -2.15. The topological polar surface area (TPSA) is 90.9 Å². The van der Waals surface area contributed by atoms with Crippen molar-refractivity contribution in [2.75, 3.05) is 6.26 Å². The van der Waals surface area contributed by atoms with Gasteiger partial charge in [0.25, 0.3) is 0 Å². The predicted molar refractivity (Wildman–Crippen MR) is 59.4 cm³/mol. The van der Waals surface area contributed by atoms with Gasteiger partial charge in [-0.15, -0.1) is 0 Å². The van der Waals surface area contributed by atoms with Gasteiger partial charge in [-0.05, 0) is 22.4 Å². The molecular formula is C9H7BrN2O3S. The normalized spacial score (nSPS) is 16.8. The first kappa shape index (κ1) is 12.8. The van der Waals surface area contributed by atoms with Crippen LogP contribution < -0.4 is 0 Å². The van der Waals surface area contributed by atoms with Gasteiger partial charge in [-0.3, -0.25) is 0 Å². The van der Waals surface area contributed by atoms with E-state index in [1.807, 2.05) is 12.1 Å². The SMILES string of the molecule is CS(=O)(=O)OC1=C(C#N)C(Br)=C(C#N)CC1. The van der Waals surface area contributed by atoms with Crippen molar-refractivity contribution in [2.24, 2.45) is 0 Å². The Bertz CT molecular complexity index is 561. The fourth-order valence-electron chi connectivity index (χ4n) is 1.23. The molecule has 1 aliphatic carbocycles. The molecule has 0 aromatic carbocycles. The van der Waals surface area contributed by atoms with Gasteiger partial charge in [-0.2, -0.15) is 18.9 Å². The number of allylic oxidation sites excluding steroid dienone is 4. The monoisotopic (exact) mass is 302 g/mol. The third-order valence-corrected chi connectivity index (χ3v) is 3.24. The minimum absolute atomic E-state index is 0.0632. The maximum absolute atomic E-state index is 11.0. The van der Waals surface area contributed by atoms with Crippen molar-refractivity contribution in [3.63, 3.8) is 0 Å². The second-order valence-electron chi connectivity index (χ2n) is 3.10. The Morgan fingerprint density at radius 3 is 2.38 bits per heavy atom. The van der Waals surface area contributed by atoms with E-state index in [0.29, 0.717) is 16.5 Å².